The Labute approximate surface area is 217 Å². The van der Waals surface area contributed by atoms with Gasteiger partial charge in [0.1, 0.15) is 21.3 Å². The Kier molecular flexibility index (Phi) is 5.76. The maximum atomic E-state index is 14.5. The fourth-order valence-electron chi connectivity index (χ4n) is 4.65. The number of nitrogens with zero attached hydrogens (tertiary/aromatic N) is 4. The Balaban J connectivity index is 1.44. The number of nitrogens with one attached hydrogen (secondary N) is 2. The van der Waals surface area contributed by atoms with E-state index < -0.39 is 15.7 Å². The van der Waals surface area contributed by atoms with E-state index in [0.717, 1.165) is 27.6 Å². The SMILES string of the molecule is Cc1ccncc1-c1ccc2[nH]nc(-c3nc4nccc(-c5cc(F)cc(CCS(C)(=O)=O)c5)c4[nH]3)c2c1. The van der Waals surface area contributed by atoms with E-state index in [1.165, 1.54) is 18.4 Å². The lowest BCUT2D eigenvalue weighted by molar-refractivity contribution is 0.600. The van der Waals surface area contributed by atoms with Crippen LogP contribution in [0.4, 0.5) is 4.39 Å². The molecule has 4 aromatic heterocycles. The van der Waals surface area contributed by atoms with Gasteiger partial charge in [0.2, 0.25) is 0 Å². The summed E-state index contributed by atoms with van der Waals surface area (Å²) in [4.78, 5) is 16.7. The minimum Gasteiger partial charge on any atom is -0.335 e. The van der Waals surface area contributed by atoms with Crippen LogP contribution in [-0.2, 0) is 16.3 Å². The smallest absolute Gasteiger partial charge is 0.178 e. The molecule has 0 aliphatic carbocycles. The van der Waals surface area contributed by atoms with Crippen molar-refractivity contribution in [3.05, 3.63) is 84.1 Å². The number of aromatic amines is 2. The highest BCUT2D eigenvalue weighted by molar-refractivity contribution is 7.90. The van der Waals surface area contributed by atoms with Crippen molar-refractivity contribution in [3.63, 3.8) is 0 Å². The number of hydrogen-bond donors (Lipinski definition) is 2. The highest BCUT2D eigenvalue weighted by atomic mass is 32.2. The second kappa shape index (κ2) is 9.14. The average Bonchev–Trinajstić information content (AvgIpc) is 3.50. The molecule has 0 saturated heterocycles. The molecule has 0 fully saturated rings. The molecular weight excluding hydrogens is 503 g/mol. The average molecular weight is 527 g/mol. The number of aryl methyl sites for hydroxylation is 2. The first kappa shape index (κ1) is 23.9. The Bertz CT molecular complexity index is 1940. The van der Waals surface area contributed by atoms with E-state index >= 15 is 0 Å². The Morgan fingerprint density at radius 1 is 0.974 bits per heavy atom. The summed E-state index contributed by atoms with van der Waals surface area (Å²) < 4.78 is 37.8. The van der Waals surface area contributed by atoms with E-state index in [1.807, 2.05) is 31.3 Å². The molecule has 4 heterocycles. The van der Waals surface area contributed by atoms with Gasteiger partial charge in [0.15, 0.2) is 11.5 Å². The van der Waals surface area contributed by atoms with Gasteiger partial charge in [-0.2, -0.15) is 5.10 Å². The molecular formula is C28H23FN6O2S. The van der Waals surface area contributed by atoms with Gasteiger partial charge in [0.25, 0.3) is 0 Å². The van der Waals surface area contributed by atoms with Crippen molar-refractivity contribution < 1.29 is 12.8 Å². The van der Waals surface area contributed by atoms with Crippen LogP contribution in [0.15, 0.2) is 67.1 Å². The Morgan fingerprint density at radius 2 is 1.84 bits per heavy atom. The van der Waals surface area contributed by atoms with Crippen molar-refractivity contribution in [2.45, 2.75) is 13.3 Å². The van der Waals surface area contributed by atoms with Gasteiger partial charge in [-0.3, -0.25) is 10.1 Å². The summed E-state index contributed by atoms with van der Waals surface area (Å²) in [5.41, 5.74) is 7.69. The molecule has 0 unspecified atom stereocenters. The van der Waals surface area contributed by atoms with Crippen LogP contribution in [0.25, 0.3) is 55.8 Å². The van der Waals surface area contributed by atoms with Crippen LogP contribution in [0.2, 0.25) is 0 Å². The molecule has 10 heteroatoms. The molecule has 0 spiro atoms. The fourth-order valence-corrected chi connectivity index (χ4v) is 5.25. The lowest BCUT2D eigenvalue weighted by Gasteiger charge is -2.07. The highest BCUT2D eigenvalue weighted by Crippen LogP contribution is 2.33. The van der Waals surface area contributed by atoms with Crippen molar-refractivity contribution in [2.75, 3.05) is 12.0 Å². The number of aromatic nitrogens is 6. The summed E-state index contributed by atoms with van der Waals surface area (Å²) in [5.74, 6) is 0.0371. The van der Waals surface area contributed by atoms with Crippen LogP contribution in [0.5, 0.6) is 0 Å². The van der Waals surface area contributed by atoms with Gasteiger partial charge in [-0.05, 0) is 72.0 Å². The lowest BCUT2D eigenvalue weighted by atomic mass is 10.0. The number of benzene rings is 2. The minimum absolute atomic E-state index is 0.0529. The zero-order chi connectivity index (χ0) is 26.4. The van der Waals surface area contributed by atoms with Crippen molar-refractivity contribution in [2.24, 2.45) is 0 Å². The van der Waals surface area contributed by atoms with Crippen LogP contribution in [0.1, 0.15) is 11.1 Å². The topological polar surface area (TPSA) is 117 Å². The van der Waals surface area contributed by atoms with Crippen molar-refractivity contribution in [1.29, 1.82) is 0 Å². The number of fused-ring (bicyclic) bond motifs is 2. The number of imidazole rings is 1. The summed E-state index contributed by atoms with van der Waals surface area (Å²) in [7, 11) is -3.17. The number of halogens is 1. The maximum Gasteiger partial charge on any atom is 0.178 e. The van der Waals surface area contributed by atoms with Gasteiger partial charge in [-0.25, -0.2) is 22.8 Å². The maximum absolute atomic E-state index is 14.5. The number of hydrogen-bond acceptors (Lipinski definition) is 6. The van der Waals surface area contributed by atoms with Crippen molar-refractivity contribution in [3.8, 4) is 33.8 Å². The van der Waals surface area contributed by atoms with E-state index in [4.69, 9.17) is 4.98 Å². The molecule has 0 aliphatic rings. The monoisotopic (exact) mass is 526 g/mol. The van der Waals surface area contributed by atoms with Gasteiger partial charge in [0, 0.05) is 41.4 Å². The van der Waals surface area contributed by atoms with Gasteiger partial charge in [0.05, 0.1) is 16.8 Å². The van der Waals surface area contributed by atoms with Crippen LogP contribution >= 0.6 is 0 Å². The standard InChI is InChI=1S/C28H23FN6O2S/c1-16-5-8-30-15-23(16)18-3-4-24-22(14-18)26(35-34-24)28-32-25-21(6-9-31-27(25)33-28)19-11-17(12-20(29)13-19)7-10-38(2,36)37/h3-6,8-9,11-15H,7,10H2,1-2H3,(H,34,35)(H,31,32,33). The summed E-state index contributed by atoms with van der Waals surface area (Å²) in [6.07, 6.45) is 6.63. The summed E-state index contributed by atoms with van der Waals surface area (Å²) >= 11 is 0. The summed E-state index contributed by atoms with van der Waals surface area (Å²) in [6, 6.07) is 14.4. The normalized spacial score (nSPS) is 12.0. The molecule has 0 amide bonds. The Morgan fingerprint density at radius 3 is 2.66 bits per heavy atom. The van der Waals surface area contributed by atoms with Crippen molar-refractivity contribution in [1.82, 2.24) is 30.1 Å². The third-order valence-electron chi connectivity index (χ3n) is 6.56. The molecule has 6 aromatic rings. The second-order valence-corrected chi connectivity index (χ2v) is 11.7. The molecule has 0 saturated carbocycles. The number of rotatable bonds is 6. The lowest BCUT2D eigenvalue weighted by Crippen LogP contribution is -2.06. The summed E-state index contributed by atoms with van der Waals surface area (Å²) in [5, 5.41) is 8.47. The first-order valence-corrected chi connectivity index (χ1v) is 14.0. The third kappa shape index (κ3) is 4.54. The third-order valence-corrected chi connectivity index (χ3v) is 7.51. The van der Waals surface area contributed by atoms with Gasteiger partial charge < -0.3 is 4.98 Å². The highest BCUT2D eigenvalue weighted by Gasteiger charge is 2.17. The van der Waals surface area contributed by atoms with Crippen molar-refractivity contribution >= 4 is 31.9 Å². The predicted molar refractivity (Wildman–Crippen MR) is 146 cm³/mol. The van der Waals surface area contributed by atoms with E-state index in [-0.39, 0.29) is 12.2 Å². The molecule has 190 valence electrons. The Hall–Kier alpha value is -4.44. The van der Waals surface area contributed by atoms with E-state index in [0.29, 0.717) is 39.4 Å². The largest absolute Gasteiger partial charge is 0.335 e. The van der Waals surface area contributed by atoms with Gasteiger partial charge in [-0.15, -0.1) is 0 Å². The molecule has 6 rings (SSSR count). The molecule has 0 aliphatic heterocycles. The molecule has 38 heavy (non-hydrogen) atoms. The molecule has 2 aromatic carbocycles. The first-order valence-electron chi connectivity index (χ1n) is 12.0. The zero-order valence-electron chi connectivity index (χ0n) is 20.7. The van der Waals surface area contributed by atoms with E-state index in [1.54, 1.807) is 24.5 Å². The number of pyridine rings is 2. The quantitative estimate of drug-likeness (QED) is 0.306. The number of H-pyrrole nitrogens is 2. The van der Waals surface area contributed by atoms with Crippen LogP contribution in [-0.4, -0.2) is 50.6 Å². The molecule has 0 atom stereocenters. The van der Waals surface area contributed by atoms with E-state index in [9.17, 15) is 12.8 Å². The van der Waals surface area contributed by atoms with E-state index in [2.05, 4.69) is 31.2 Å². The molecule has 0 radical (unpaired) electrons. The van der Waals surface area contributed by atoms with Gasteiger partial charge >= 0.3 is 0 Å². The summed E-state index contributed by atoms with van der Waals surface area (Å²) in [6.45, 7) is 2.04. The fraction of sp³-hybridized carbons (Fsp3) is 0.143. The molecule has 2 N–H and O–H groups in total. The van der Waals surface area contributed by atoms with Crippen LogP contribution in [0.3, 0.4) is 0 Å². The minimum atomic E-state index is -3.17. The second-order valence-electron chi connectivity index (χ2n) is 9.39. The number of sulfone groups is 1. The predicted octanol–water partition coefficient (Wildman–Crippen LogP) is 5.26. The molecule has 8 nitrogen and oxygen atoms in total. The molecule has 0 bridgehead atoms. The van der Waals surface area contributed by atoms with Gasteiger partial charge in [-0.1, -0.05) is 12.1 Å². The zero-order valence-corrected chi connectivity index (χ0v) is 21.5. The first-order chi connectivity index (χ1) is 18.2. The van der Waals surface area contributed by atoms with Crippen LogP contribution in [0, 0.1) is 12.7 Å². The van der Waals surface area contributed by atoms with Crippen LogP contribution < -0.4 is 0 Å².